The van der Waals surface area contributed by atoms with Crippen LogP contribution in [0, 0.1) is 11.8 Å². The van der Waals surface area contributed by atoms with Crippen molar-refractivity contribution in [2.45, 2.75) is 16.2 Å². The predicted octanol–water partition coefficient (Wildman–Crippen LogP) is 3.05. The molecule has 28 heavy (non-hydrogen) atoms. The summed E-state index contributed by atoms with van der Waals surface area (Å²) in [6, 6.07) is 14.8. The zero-order valence-corrected chi connectivity index (χ0v) is 16.1. The van der Waals surface area contributed by atoms with E-state index in [1.54, 1.807) is 0 Å². The number of hydrogen-bond acceptors (Lipinski definition) is 3. The summed E-state index contributed by atoms with van der Waals surface area (Å²) in [5, 5.41) is 9.01. The molecule has 1 heterocycles. The van der Waals surface area contributed by atoms with Crippen LogP contribution in [-0.4, -0.2) is 34.3 Å². The minimum Gasteiger partial charge on any atom is -0.481 e. The Bertz CT molecular complexity index is 944. The number of hydrogen-bond donors (Lipinski definition) is 1. The number of rotatable bonds is 3. The number of carbonyl (C=O) groups excluding carboxylic acids is 2. The van der Waals surface area contributed by atoms with Crippen molar-refractivity contribution in [3.05, 3.63) is 70.8 Å². The topological polar surface area (TPSA) is 74.7 Å². The van der Waals surface area contributed by atoms with Gasteiger partial charge in [0.1, 0.15) is 9.75 Å². The van der Waals surface area contributed by atoms with Crippen molar-refractivity contribution in [2.75, 3.05) is 6.54 Å². The Morgan fingerprint density at radius 1 is 0.857 bits per heavy atom. The predicted molar refractivity (Wildman–Crippen MR) is 102 cm³/mol. The highest BCUT2D eigenvalue weighted by Crippen LogP contribution is 2.69. The molecule has 0 saturated carbocycles. The number of carbonyl (C=O) groups is 3. The Morgan fingerprint density at radius 2 is 1.21 bits per heavy atom. The van der Waals surface area contributed by atoms with Gasteiger partial charge in [0.15, 0.2) is 0 Å². The second-order valence-electron chi connectivity index (χ2n) is 7.44. The lowest BCUT2D eigenvalue weighted by Gasteiger charge is -2.54. The molecule has 1 N–H and O–H groups in total. The molecule has 2 atom stereocenters. The molecular formula is C21H15Cl2NO4. The average molecular weight is 416 g/mol. The van der Waals surface area contributed by atoms with Crippen molar-refractivity contribution < 1.29 is 19.5 Å². The first kappa shape index (κ1) is 17.7. The van der Waals surface area contributed by atoms with E-state index < -0.39 is 39.4 Å². The van der Waals surface area contributed by atoms with Crippen molar-refractivity contribution in [2.24, 2.45) is 11.8 Å². The summed E-state index contributed by atoms with van der Waals surface area (Å²) in [6.07, 6.45) is -0.318. The molecule has 1 aliphatic heterocycles. The Hall–Kier alpha value is -2.37. The van der Waals surface area contributed by atoms with Crippen LogP contribution in [0.4, 0.5) is 0 Å². The molecule has 2 aromatic carbocycles. The number of alkyl halides is 2. The molecule has 2 amide bonds. The SMILES string of the molecule is O=C(O)CCN1C(=O)[C@@H]2[C@@H](C1=O)C1(Cl)c3ccccc3C2(Cl)c2ccccc21. The van der Waals surface area contributed by atoms with Crippen molar-refractivity contribution >= 4 is 41.0 Å². The fourth-order valence-corrected chi connectivity index (χ4v) is 6.25. The first-order valence-corrected chi connectivity index (χ1v) is 9.73. The van der Waals surface area contributed by atoms with Gasteiger partial charge in [0.05, 0.1) is 18.3 Å². The highest BCUT2D eigenvalue weighted by atomic mass is 35.5. The van der Waals surface area contributed by atoms with Crippen LogP contribution >= 0.6 is 23.2 Å². The minimum atomic E-state index is -1.22. The third-order valence-corrected chi connectivity index (χ3v) is 7.51. The summed E-state index contributed by atoms with van der Waals surface area (Å²) >= 11 is 14.5. The quantitative estimate of drug-likeness (QED) is 0.617. The number of amides is 2. The third kappa shape index (κ3) is 1.86. The van der Waals surface area contributed by atoms with Crippen LogP contribution in [0.1, 0.15) is 28.7 Å². The van der Waals surface area contributed by atoms with Gasteiger partial charge in [0.2, 0.25) is 11.8 Å². The van der Waals surface area contributed by atoms with Gasteiger partial charge >= 0.3 is 5.97 Å². The highest BCUT2D eigenvalue weighted by molar-refractivity contribution is 6.36. The van der Waals surface area contributed by atoms with Gasteiger partial charge in [-0.3, -0.25) is 19.3 Å². The maximum absolute atomic E-state index is 13.3. The number of likely N-dealkylation sites (tertiary alicyclic amines) is 1. The van der Waals surface area contributed by atoms with E-state index in [0.29, 0.717) is 0 Å². The number of carboxylic acid groups (broad SMARTS) is 1. The van der Waals surface area contributed by atoms with Gasteiger partial charge in [-0.1, -0.05) is 48.5 Å². The van der Waals surface area contributed by atoms with Crippen molar-refractivity contribution in [3.8, 4) is 0 Å². The van der Waals surface area contributed by atoms with Gasteiger partial charge in [0, 0.05) is 6.54 Å². The normalized spacial score (nSPS) is 32.1. The summed E-state index contributed by atoms with van der Waals surface area (Å²) in [4.78, 5) is 36.2. The van der Waals surface area contributed by atoms with Gasteiger partial charge in [0.25, 0.3) is 0 Å². The van der Waals surface area contributed by atoms with E-state index in [4.69, 9.17) is 28.3 Å². The van der Waals surface area contributed by atoms with E-state index in [0.717, 1.165) is 27.2 Å². The minimum absolute atomic E-state index is 0.188. The first-order valence-electron chi connectivity index (χ1n) is 8.97. The van der Waals surface area contributed by atoms with Crippen LogP contribution in [0.3, 0.4) is 0 Å². The summed E-state index contributed by atoms with van der Waals surface area (Å²) in [6.45, 7) is -0.188. The zero-order valence-electron chi connectivity index (χ0n) is 14.6. The second-order valence-corrected chi connectivity index (χ2v) is 8.63. The fraction of sp³-hybridized carbons (Fsp3) is 0.286. The summed E-state index contributed by atoms with van der Waals surface area (Å²) in [5.74, 6) is -3.75. The summed E-state index contributed by atoms with van der Waals surface area (Å²) in [5.41, 5.74) is 2.92. The smallest absolute Gasteiger partial charge is 0.305 e. The molecule has 6 rings (SSSR count). The largest absolute Gasteiger partial charge is 0.481 e. The molecule has 2 aromatic rings. The van der Waals surface area contributed by atoms with E-state index in [-0.39, 0.29) is 13.0 Å². The van der Waals surface area contributed by atoms with Crippen molar-refractivity contribution in [1.82, 2.24) is 4.90 Å². The maximum atomic E-state index is 13.3. The summed E-state index contributed by atoms with van der Waals surface area (Å²) in [7, 11) is 0. The van der Waals surface area contributed by atoms with Gasteiger partial charge in [-0.05, 0) is 22.3 Å². The molecule has 7 heteroatoms. The molecule has 2 bridgehead atoms. The zero-order chi connectivity index (χ0) is 19.8. The highest BCUT2D eigenvalue weighted by Gasteiger charge is 2.72. The number of imide groups is 1. The Kier molecular flexibility index (Phi) is 3.53. The molecular weight excluding hydrogens is 401 g/mol. The van der Waals surface area contributed by atoms with Crippen LogP contribution in [0.2, 0.25) is 0 Å². The van der Waals surface area contributed by atoms with Gasteiger partial charge in [-0.25, -0.2) is 0 Å². The molecule has 1 fully saturated rings. The molecule has 0 spiro atoms. The van der Waals surface area contributed by atoms with Gasteiger partial charge < -0.3 is 5.11 Å². The third-order valence-electron chi connectivity index (χ3n) is 6.23. The van der Waals surface area contributed by atoms with Gasteiger partial charge in [-0.15, -0.1) is 23.2 Å². The number of nitrogens with zero attached hydrogens (tertiary/aromatic N) is 1. The lowest BCUT2D eigenvalue weighted by molar-refractivity contribution is -0.142. The van der Waals surface area contributed by atoms with Gasteiger partial charge in [-0.2, -0.15) is 0 Å². The van der Waals surface area contributed by atoms with Crippen LogP contribution in [0.15, 0.2) is 48.5 Å². The van der Waals surface area contributed by atoms with Crippen LogP contribution in [-0.2, 0) is 24.1 Å². The number of halogens is 2. The molecule has 0 aromatic heterocycles. The average Bonchev–Trinajstić information content (AvgIpc) is 2.95. The van der Waals surface area contributed by atoms with E-state index >= 15 is 0 Å². The molecule has 0 unspecified atom stereocenters. The molecule has 3 aliphatic carbocycles. The molecule has 1 saturated heterocycles. The van der Waals surface area contributed by atoms with Crippen LogP contribution in [0.5, 0.6) is 0 Å². The summed E-state index contributed by atoms with van der Waals surface area (Å²) < 4.78 is 0. The fourth-order valence-electron chi connectivity index (χ4n) is 5.15. The molecule has 0 radical (unpaired) electrons. The molecule has 142 valence electrons. The number of aliphatic carboxylic acids is 1. The van der Waals surface area contributed by atoms with Crippen LogP contribution < -0.4 is 0 Å². The second kappa shape index (κ2) is 5.58. The number of benzene rings is 2. The number of carboxylic acids is 1. The van der Waals surface area contributed by atoms with Crippen molar-refractivity contribution in [1.29, 1.82) is 0 Å². The van der Waals surface area contributed by atoms with E-state index in [1.165, 1.54) is 0 Å². The van der Waals surface area contributed by atoms with E-state index in [1.807, 2.05) is 48.5 Å². The van der Waals surface area contributed by atoms with E-state index in [2.05, 4.69) is 0 Å². The first-order chi connectivity index (χ1) is 13.3. The lowest BCUT2D eigenvalue weighted by atomic mass is 9.54. The molecule has 5 nitrogen and oxygen atoms in total. The standard InChI is InChI=1S/C21H15Cl2NO4/c22-20-11-5-1-2-6-12(11)21(23,14-8-4-3-7-13(14)20)17-16(20)18(27)24(19(17)28)10-9-15(25)26/h1-8,16-17H,9-10H2,(H,25,26)/t16-,17-,20?,21?/m0/s1. The monoisotopic (exact) mass is 415 g/mol. The Morgan fingerprint density at radius 3 is 1.54 bits per heavy atom. The van der Waals surface area contributed by atoms with Crippen molar-refractivity contribution in [3.63, 3.8) is 0 Å². The lowest BCUT2D eigenvalue weighted by Crippen LogP contribution is -2.57. The van der Waals surface area contributed by atoms with Crippen LogP contribution in [0.25, 0.3) is 0 Å². The van der Waals surface area contributed by atoms with E-state index in [9.17, 15) is 14.4 Å². The molecule has 4 aliphatic rings. The maximum Gasteiger partial charge on any atom is 0.305 e. The Labute approximate surface area is 170 Å². The Balaban J connectivity index is 1.78.